The molecular weight excluding hydrogens is 502 g/mol. The number of aromatic amines is 2. The monoisotopic (exact) mass is 522 g/mol. The summed E-state index contributed by atoms with van der Waals surface area (Å²) >= 11 is 0. The van der Waals surface area contributed by atoms with Crippen LogP contribution < -0.4 is 10.5 Å². The number of carbonyl (C=O) groups excluding carboxylic acids is 1. The van der Waals surface area contributed by atoms with E-state index in [1.807, 2.05) is 5.10 Å². The molecule has 0 atom stereocenters. The molecule has 11 nitrogen and oxygen atoms in total. The molecule has 196 valence electrons. The van der Waals surface area contributed by atoms with E-state index < -0.39 is 34.7 Å². The van der Waals surface area contributed by atoms with Crippen LogP contribution in [0.2, 0.25) is 0 Å². The summed E-state index contributed by atoms with van der Waals surface area (Å²) in [4.78, 5) is 33.3. The van der Waals surface area contributed by atoms with E-state index in [4.69, 9.17) is 4.74 Å². The van der Waals surface area contributed by atoms with Crippen molar-refractivity contribution in [1.82, 2.24) is 34.8 Å². The van der Waals surface area contributed by atoms with Gasteiger partial charge in [0, 0.05) is 26.2 Å². The predicted molar refractivity (Wildman–Crippen MR) is 111 cm³/mol. The van der Waals surface area contributed by atoms with Crippen LogP contribution in [0.3, 0.4) is 0 Å². The molecule has 1 fully saturated rings. The number of imidazole rings is 1. The summed E-state index contributed by atoms with van der Waals surface area (Å²) in [6.07, 6.45) is -7.56. The summed E-state index contributed by atoms with van der Waals surface area (Å²) in [6.45, 7) is 0.965. The number of rotatable bonds is 7. The Kier molecular flexibility index (Phi) is 6.92. The third kappa shape index (κ3) is 5.44. The summed E-state index contributed by atoms with van der Waals surface area (Å²) in [7, 11) is 0. The summed E-state index contributed by atoms with van der Waals surface area (Å²) in [5, 5.41) is 8.32. The first-order valence-corrected chi connectivity index (χ1v) is 10.7. The van der Waals surface area contributed by atoms with Gasteiger partial charge in [0.1, 0.15) is 11.1 Å². The van der Waals surface area contributed by atoms with Crippen LogP contribution in [-0.2, 0) is 28.4 Å². The van der Waals surface area contributed by atoms with Crippen molar-refractivity contribution in [2.24, 2.45) is 0 Å². The zero-order valence-corrected chi connectivity index (χ0v) is 18.5. The van der Waals surface area contributed by atoms with Crippen LogP contribution in [0.5, 0.6) is 0 Å². The first-order chi connectivity index (χ1) is 16.9. The quantitative estimate of drug-likeness (QED) is 0.357. The third-order valence-corrected chi connectivity index (χ3v) is 5.55. The fourth-order valence-corrected chi connectivity index (χ4v) is 3.76. The average molecular weight is 522 g/mol. The molecular formula is C19H20F6N8O3. The van der Waals surface area contributed by atoms with Gasteiger partial charge in [-0.25, -0.2) is 10.1 Å². The van der Waals surface area contributed by atoms with Crippen LogP contribution in [0.15, 0.2) is 17.2 Å². The number of piperazine rings is 1. The molecule has 1 aliphatic heterocycles. The van der Waals surface area contributed by atoms with E-state index in [2.05, 4.69) is 20.2 Å². The molecule has 0 radical (unpaired) electrons. The smallest absolute Gasteiger partial charge is 0.379 e. The zero-order valence-electron chi connectivity index (χ0n) is 18.5. The Morgan fingerprint density at radius 2 is 1.75 bits per heavy atom. The van der Waals surface area contributed by atoms with Crippen molar-refractivity contribution < 1.29 is 35.9 Å². The molecule has 0 aromatic carbocycles. The molecule has 0 saturated carbocycles. The van der Waals surface area contributed by atoms with Gasteiger partial charge in [-0.2, -0.15) is 36.5 Å². The molecule has 17 heteroatoms. The van der Waals surface area contributed by atoms with Crippen LogP contribution in [-0.4, -0.2) is 80.1 Å². The molecule has 0 spiro atoms. The Balaban J connectivity index is 1.23. The van der Waals surface area contributed by atoms with Crippen molar-refractivity contribution in [3.8, 4) is 0 Å². The van der Waals surface area contributed by atoms with E-state index in [1.54, 1.807) is 9.80 Å². The summed E-state index contributed by atoms with van der Waals surface area (Å²) in [5.74, 6) is -0.153. The second-order valence-electron chi connectivity index (χ2n) is 7.88. The van der Waals surface area contributed by atoms with Gasteiger partial charge in [-0.15, -0.1) is 0 Å². The van der Waals surface area contributed by atoms with Crippen molar-refractivity contribution in [1.29, 1.82) is 0 Å². The van der Waals surface area contributed by atoms with E-state index in [0.29, 0.717) is 13.1 Å². The number of nitrogens with zero attached hydrogens (tertiary/aromatic N) is 6. The molecule has 1 aliphatic rings. The second-order valence-corrected chi connectivity index (χ2v) is 7.88. The van der Waals surface area contributed by atoms with E-state index >= 15 is 0 Å². The summed E-state index contributed by atoms with van der Waals surface area (Å²) in [6, 6.07) is 0. The Labute approximate surface area is 198 Å². The van der Waals surface area contributed by atoms with E-state index in [-0.39, 0.29) is 56.6 Å². The van der Waals surface area contributed by atoms with Gasteiger partial charge in [0.2, 0.25) is 11.9 Å². The lowest BCUT2D eigenvalue weighted by Crippen LogP contribution is -2.49. The first-order valence-electron chi connectivity index (χ1n) is 10.7. The van der Waals surface area contributed by atoms with Crippen molar-refractivity contribution >= 4 is 22.8 Å². The van der Waals surface area contributed by atoms with Gasteiger partial charge in [0.25, 0.3) is 5.56 Å². The number of fused-ring (bicyclic) bond motifs is 1. The predicted octanol–water partition coefficient (Wildman–Crippen LogP) is 1.64. The van der Waals surface area contributed by atoms with E-state index in [9.17, 15) is 35.9 Å². The highest BCUT2D eigenvalue weighted by atomic mass is 19.4. The van der Waals surface area contributed by atoms with Crippen LogP contribution in [0.1, 0.15) is 17.8 Å². The average Bonchev–Trinajstić information content (AvgIpc) is 3.45. The largest absolute Gasteiger partial charge is 0.435 e. The number of anilines is 1. The molecule has 2 N–H and O–H groups in total. The minimum absolute atomic E-state index is 0.00363. The number of aromatic nitrogens is 6. The number of carbonyl (C=O) groups is 1. The maximum absolute atomic E-state index is 13.2. The molecule has 0 bridgehead atoms. The van der Waals surface area contributed by atoms with Crippen molar-refractivity contribution in [2.75, 3.05) is 44.3 Å². The molecule has 36 heavy (non-hydrogen) atoms. The lowest BCUT2D eigenvalue weighted by atomic mass is 10.2. The SMILES string of the molecule is O=C(CCOCCn1nc(C(F)(F)F)c2c(=O)[nH]ncc21)N1CCN(c2ncc(C(F)(F)F)[nH]2)CC1. The summed E-state index contributed by atoms with van der Waals surface area (Å²) in [5.41, 5.74) is -3.37. The second kappa shape index (κ2) is 9.79. The third-order valence-electron chi connectivity index (χ3n) is 5.55. The maximum atomic E-state index is 13.2. The van der Waals surface area contributed by atoms with E-state index in [0.717, 1.165) is 17.1 Å². The van der Waals surface area contributed by atoms with Crippen molar-refractivity contribution in [3.63, 3.8) is 0 Å². The van der Waals surface area contributed by atoms with Crippen LogP contribution in [0.25, 0.3) is 10.9 Å². The number of amides is 1. The molecule has 4 rings (SSSR count). The van der Waals surface area contributed by atoms with Gasteiger partial charge >= 0.3 is 12.4 Å². The highest BCUT2D eigenvalue weighted by Gasteiger charge is 2.38. The number of nitrogens with one attached hydrogen (secondary N) is 2. The first kappa shape index (κ1) is 25.5. The number of alkyl halides is 6. The number of hydrogen-bond donors (Lipinski definition) is 2. The van der Waals surface area contributed by atoms with Crippen LogP contribution in [0.4, 0.5) is 32.3 Å². The fraction of sp³-hybridized carbons (Fsp3) is 0.526. The van der Waals surface area contributed by atoms with Gasteiger partial charge in [-0.3, -0.25) is 14.3 Å². The summed E-state index contributed by atoms with van der Waals surface area (Å²) < 4.78 is 84.1. The molecule has 0 unspecified atom stereocenters. The zero-order chi connectivity index (χ0) is 26.1. The minimum Gasteiger partial charge on any atom is -0.379 e. The molecule has 3 aromatic rings. The standard InChI is InChI=1S/C19H20F6N8O3/c20-18(21,22)12-10-26-17(28-12)32-4-2-31(3-5-32)13(34)1-7-36-8-6-33-11-9-27-29-16(35)14(11)15(30-33)19(23,24)25/h9-10H,1-8H2,(H,26,28)(H,29,35). The molecule has 3 aromatic heterocycles. The molecule has 1 saturated heterocycles. The Bertz CT molecular complexity index is 1270. The fourth-order valence-electron chi connectivity index (χ4n) is 3.76. The van der Waals surface area contributed by atoms with Gasteiger partial charge in [0.15, 0.2) is 5.69 Å². The molecule has 0 aliphatic carbocycles. The highest BCUT2D eigenvalue weighted by molar-refractivity contribution is 5.80. The lowest BCUT2D eigenvalue weighted by molar-refractivity contribution is -0.141. The number of hydrogen-bond acceptors (Lipinski definition) is 7. The minimum atomic E-state index is -4.83. The van der Waals surface area contributed by atoms with Crippen LogP contribution >= 0.6 is 0 Å². The van der Waals surface area contributed by atoms with Crippen molar-refractivity contribution in [3.05, 3.63) is 34.1 Å². The van der Waals surface area contributed by atoms with Gasteiger partial charge < -0.3 is 19.5 Å². The van der Waals surface area contributed by atoms with E-state index in [1.165, 1.54) is 0 Å². The number of H-pyrrole nitrogens is 2. The van der Waals surface area contributed by atoms with Crippen molar-refractivity contribution in [2.45, 2.75) is 25.3 Å². The molecule has 4 heterocycles. The van der Waals surface area contributed by atoms with Gasteiger partial charge in [-0.1, -0.05) is 0 Å². The van der Waals surface area contributed by atoms with Gasteiger partial charge in [0.05, 0.1) is 44.1 Å². The Morgan fingerprint density at radius 1 is 1.03 bits per heavy atom. The number of halogens is 6. The highest BCUT2D eigenvalue weighted by Crippen LogP contribution is 2.32. The Hall–Kier alpha value is -3.63. The maximum Gasteiger partial charge on any atom is 0.435 e. The Morgan fingerprint density at radius 3 is 2.39 bits per heavy atom. The topological polar surface area (TPSA) is 125 Å². The number of ether oxygens (including phenoxy) is 1. The van der Waals surface area contributed by atoms with Crippen LogP contribution in [0, 0.1) is 0 Å². The van der Waals surface area contributed by atoms with Gasteiger partial charge in [-0.05, 0) is 0 Å². The lowest BCUT2D eigenvalue weighted by Gasteiger charge is -2.34. The normalized spacial score (nSPS) is 15.2. The molecule has 1 amide bonds.